The number of benzene rings is 1. The molecular weight excluding hydrogens is 346 g/mol. The highest BCUT2D eigenvalue weighted by Crippen LogP contribution is 2.55. The highest BCUT2D eigenvalue weighted by Gasteiger charge is 2.52. The van der Waals surface area contributed by atoms with Crippen molar-refractivity contribution in [3.05, 3.63) is 66.0 Å². The van der Waals surface area contributed by atoms with Crippen LogP contribution in [-0.4, -0.2) is 22.5 Å². The molecule has 7 rings (SSSR count). The van der Waals surface area contributed by atoms with Gasteiger partial charge in [0, 0.05) is 11.7 Å². The van der Waals surface area contributed by atoms with Gasteiger partial charge in [0.25, 0.3) is 5.91 Å². The summed E-state index contributed by atoms with van der Waals surface area (Å²) < 4.78 is 0. The molecule has 6 aliphatic rings. The third-order valence-electron chi connectivity index (χ3n) is 7.44. The van der Waals surface area contributed by atoms with Gasteiger partial charge in [0.05, 0.1) is 11.4 Å². The fourth-order valence-corrected chi connectivity index (χ4v) is 6.79. The molecular formula is C24H27N3O. The maximum atomic E-state index is 13.5. The predicted molar refractivity (Wildman–Crippen MR) is 109 cm³/mol. The Hall–Kier alpha value is -2.49. The lowest BCUT2D eigenvalue weighted by molar-refractivity contribution is -0.131. The van der Waals surface area contributed by atoms with Crippen molar-refractivity contribution in [3.63, 3.8) is 0 Å². The number of carbonyl (C=O) groups is 1. The van der Waals surface area contributed by atoms with E-state index in [1.165, 1.54) is 38.5 Å². The zero-order chi connectivity index (χ0) is 18.7. The van der Waals surface area contributed by atoms with Crippen LogP contribution in [0.1, 0.15) is 44.1 Å². The first kappa shape index (κ1) is 16.5. The van der Waals surface area contributed by atoms with Crippen LogP contribution in [0.2, 0.25) is 0 Å². The first-order valence-electron chi connectivity index (χ1n) is 10.7. The van der Waals surface area contributed by atoms with Crippen LogP contribution in [0.3, 0.4) is 0 Å². The molecule has 4 bridgehead atoms. The fraction of sp³-hybridized carbons (Fsp3) is 0.458. The molecule has 0 radical (unpaired) electrons. The Morgan fingerprint density at radius 3 is 2.36 bits per heavy atom. The molecule has 0 spiro atoms. The molecule has 4 nitrogen and oxygen atoms in total. The largest absolute Gasteiger partial charge is 0.355 e. The molecule has 4 saturated carbocycles. The summed E-state index contributed by atoms with van der Waals surface area (Å²) in [6.07, 6.45) is 15.5. The normalized spacial score (nSPS) is 37.2. The lowest BCUT2D eigenvalue weighted by Gasteiger charge is -2.57. The second-order valence-electron chi connectivity index (χ2n) is 9.47. The Morgan fingerprint density at radius 1 is 1.00 bits per heavy atom. The van der Waals surface area contributed by atoms with E-state index in [1.54, 1.807) is 0 Å². The van der Waals surface area contributed by atoms with Crippen molar-refractivity contribution in [2.75, 3.05) is 0 Å². The van der Waals surface area contributed by atoms with Crippen LogP contribution in [-0.2, 0) is 4.79 Å². The topological polar surface area (TPSA) is 44.4 Å². The summed E-state index contributed by atoms with van der Waals surface area (Å²) in [6, 6.07) is 10.3. The molecule has 1 aromatic carbocycles. The van der Waals surface area contributed by atoms with Gasteiger partial charge < -0.3 is 15.5 Å². The van der Waals surface area contributed by atoms with Gasteiger partial charge in [0.1, 0.15) is 0 Å². The van der Waals surface area contributed by atoms with E-state index >= 15 is 0 Å². The summed E-state index contributed by atoms with van der Waals surface area (Å²) in [4.78, 5) is 15.5. The average Bonchev–Trinajstić information content (AvgIpc) is 3.07. The minimum absolute atomic E-state index is 0.0402. The molecule has 0 aromatic heterocycles. The molecule has 28 heavy (non-hydrogen) atoms. The Morgan fingerprint density at radius 2 is 1.68 bits per heavy atom. The van der Waals surface area contributed by atoms with E-state index in [2.05, 4.69) is 33.7 Å². The van der Waals surface area contributed by atoms with Gasteiger partial charge in [-0.15, -0.1) is 0 Å². The third kappa shape index (κ3) is 2.54. The van der Waals surface area contributed by atoms with Crippen molar-refractivity contribution in [3.8, 4) is 0 Å². The molecule has 1 amide bonds. The van der Waals surface area contributed by atoms with Crippen LogP contribution in [0.4, 0.5) is 0 Å². The number of hydrogen-bond donors (Lipinski definition) is 2. The highest BCUT2D eigenvalue weighted by molar-refractivity contribution is 5.88. The van der Waals surface area contributed by atoms with Crippen LogP contribution in [0.15, 0.2) is 60.5 Å². The molecule has 4 aliphatic carbocycles. The molecule has 2 N–H and O–H groups in total. The van der Waals surface area contributed by atoms with Gasteiger partial charge in [-0.2, -0.15) is 0 Å². The van der Waals surface area contributed by atoms with E-state index < -0.39 is 0 Å². The lowest BCUT2D eigenvalue weighted by atomic mass is 9.53. The molecule has 2 heterocycles. The van der Waals surface area contributed by atoms with Crippen LogP contribution in [0.5, 0.6) is 0 Å². The van der Waals surface area contributed by atoms with E-state index in [4.69, 9.17) is 0 Å². The Balaban J connectivity index is 1.26. The van der Waals surface area contributed by atoms with Crippen molar-refractivity contribution in [2.45, 2.75) is 50.2 Å². The maximum Gasteiger partial charge on any atom is 0.264 e. The summed E-state index contributed by atoms with van der Waals surface area (Å²) in [7, 11) is 0. The van der Waals surface area contributed by atoms with Crippen molar-refractivity contribution in [1.82, 2.24) is 15.5 Å². The average molecular weight is 374 g/mol. The molecule has 1 atom stereocenters. The number of fused-ring (bicyclic) bond motifs is 1. The summed E-state index contributed by atoms with van der Waals surface area (Å²) >= 11 is 0. The smallest absolute Gasteiger partial charge is 0.264 e. The number of nitrogens with zero attached hydrogens (tertiary/aromatic N) is 1. The van der Waals surface area contributed by atoms with Crippen molar-refractivity contribution >= 4 is 11.6 Å². The van der Waals surface area contributed by atoms with Crippen molar-refractivity contribution in [1.29, 1.82) is 0 Å². The van der Waals surface area contributed by atoms with Crippen LogP contribution in [0, 0.1) is 17.8 Å². The van der Waals surface area contributed by atoms with Gasteiger partial charge in [-0.25, -0.2) is 0 Å². The van der Waals surface area contributed by atoms with Gasteiger partial charge in [-0.3, -0.25) is 4.79 Å². The molecule has 4 heteroatoms. The lowest BCUT2D eigenvalue weighted by Crippen LogP contribution is -2.63. The second-order valence-corrected chi connectivity index (χ2v) is 9.47. The molecule has 0 saturated heterocycles. The minimum Gasteiger partial charge on any atom is -0.355 e. The number of nitrogens with one attached hydrogen (secondary N) is 2. The highest BCUT2D eigenvalue weighted by atomic mass is 16.2. The molecule has 1 unspecified atom stereocenters. The van der Waals surface area contributed by atoms with Crippen LogP contribution in [0.25, 0.3) is 5.70 Å². The first-order chi connectivity index (χ1) is 13.7. The Labute approximate surface area is 166 Å². The predicted octanol–water partition coefficient (Wildman–Crippen LogP) is 3.76. The van der Waals surface area contributed by atoms with Gasteiger partial charge in [0.15, 0.2) is 6.17 Å². The number of amides is 1. The zero-order valence-electron chi connectivity index (χ0n) is 16.1. The van der Waals surface area contributed by atoms with E-state index in [9.17, 15) is 4.79 Å². The molecule has 1 aromatic rings. The van der Waals surface area contributed by atoms with Crippen molar-refractivity contribution in [2.24, 2.45) is 17.8 Å². The van der Waals surface area contributed by atoms with Gasteiger partial charge in [0.2, 0.25) is 0 Å². The maximum absolute atomic E-state index is 13.5. The van der Waals surface area contributed by atoms with E-state index in [0.29, 0.717) is 0 Å². The van der Waals surface area contributed by atoms with Gasteiger partial charge >= 0.3 is 0 Å². The standard InChI is InChI=1S/C24H27N3O/c28-23(26-24-13-16-10-17(14-24)12-18(11-16)15-24)22-25-21(19-6-2-1-3-7-19)20-8-4-5-9-27(20)22/h1-9,16-18,22,25H,10-15H2,(H,26,28). The minimum atomic E-state index is -0.376. The fourth-order valence-electron chi connectivity index (χ4n) is 6.79. The van der Waals surface area contributed by atoms with E-state index in [1.807, 2.05) is 36.6 Å². The summed E-state index contributed by atoms with van der Waals surface area (Å²) in [5, 5.41) is 7.07. The SMILES string of the molecule is O=C(NC12CC3CC(CC(C3)C1)C2)C1NC(c2ccccc2)=C2C=CC=CN21. The molecule has 144 valence electrons. The number of hydrogen-bond acceptors (Lipinski definition) is 3. The van der Waals surface area contributed by atoms with Gasteiger partial charge in [-0.1, -0.05) is 36.4 Å². The number of rotatable bonds is 3. The second kappa shape index (κ2) is 6.00. The monoisotopic (exact) mass is 373 g/mol. The quantitative estimate of drug-likeness (QED) is 0.848. The summed E-state index contributed by atoms with van der Waals surface area (Å²) in [6.45, 7) is 0. The molecule has 4 fully saturated rings. The van der Waals surface area contributed by atoms with E-state index in [0.717, 1.165) is 34.7 Å². The Kier molecular flexibility index (Phi) is 3.53. The van der Waals surface area contributed by atoms with Crippen molar-refractivity contribution < 1.29 is 4.79 Å². The third-order valence-corrected chi connectivity index (χ3v) is 7.44. The summed E-state index contributed by atoms with van der Waals surface area (Å²) in [5.41, 5.74) is 3.26. The number of allylic oxidation sites excluding steroid dienone is 3. The molecule has 2 aliphatic heterocycles. The first-order valence-corrected chi connectivity index (χ1v) is 10.7. The van der Waals surface area contributed by atoms with Gasteiger partial charge in [-0.05, 0) is 74.0 Å². The summed E-state index contributed by atoms with van der Waals surface area (Å²) in [5.74, 6) is 2.60. The van der Waals surface area contributed by atoms with E-state index in [-0.39, 0.29) is 17.6 Å². The zero-order valence-corrected chi connectivity index (χ0v) is 16.1. The van der Waals surface area contributed by atoms with Crippen LogP contribution < -0.4 is 10.6 Å². The van der Waals surface area contributed by atoms with Crippen LogP contribution >= 0.6 is 0 Å². The number of carbonyl (C=O) groups excluding carboxylic acids is 1. The Bertz CT molecular complexity index is 862.